The number of rotatable bonds is 5. The molecule has 0 aromatic carbocycles. The van der Waals surface area contributed by atoms with Gasteiger partial charge in [-0.1, -0.05) is 17.8 Å². The van der Waals surface area contributed by atoms with Crippen LogP contribution in [0.25, 0.3) is 5.65 Å². The third-order valence-electron chi connectivity index (χ3n) is 3.92. The smallest absolute Gasteiger partial charge is 0.196 e. The number of Topliss-reactive ketones (excluding diaryl/α,β-unsaturated/α-hetero) is 1. The second-order valence-corrected chi connectivity index (χ2v) is 6.81. The minimum absolute atomic E-state index is 0.127. The molecule has 0 unspecified atom stereocenters. The van der Waals surface area contributed by atoms with Crippen molar-refractivity contribution >= 4 is 23.2 Å². The largest absolute Gasteiger partial charge is 0.346 e. The van der Waals surface area contributed by atoms with Crippen molar-refractivity contribution in [1.29, 1.82) is 0 Å². The molecule has 3 heterocycles. The van der Waals surface area contributed by atoms with E-state index in [9.17, 15) is 4.79 Å². The standard InChI is InChI=1S/C17H20N4OS/c1-11(2)21-12(3)9-14(13(21)4)15(22)10-23-17-19-18-16-7-5-6-8-20(16)17/h5-9,11H,10H2,1-4H3. The van der Waals surface area contributed by atoms with E-state index >= 15 is 0 Å². The summed E-state index contributed by atoms with van der Waals surface area (Å²) in [4.78, 5) is 12.6. The maximum Gasteiger partial charge on any atom is 0.196 e. The summed E-state index contributed by atoms with van der Waals surface area (Å²) >= 11 is 1.42. The monoisotopic (exact) mass is 328 g/mol. The normalized spacial score (nSPS) is 11.5. The number of fused-ring (bicyclic) bond motifs is 1. The first-order chi connectivity index (χ1) is 11.0. The number of hydrogen-bond acceptors (Lipinski definition) is 4. The summed E-state index contributed by atoms with van der Waals surface area (Å²) in [6.07, 6.45) is 1.91. The first kappa shape index (κ1) is 15.8. The molecule has 0 atom stereocenters. The van der Waals surface area contributed by atoms with Gasteiger partial charge >= 0.3 is 0 Å². The summed E-state index contributed by atoms with van der Waals surface area (Å²) in [7, 11) is 0. The predicted molar refractivity (Wildman–Crippen MR) is 92.3 cm³/mol. The molecule has 0 bridgehead atoms. The number of carbonyl (C=O) groups excluding carboxylic acids is 1. The van der Waals surface area contributed by atoms with E-state index < -0.39 is 0 Å². The van der Waals surface area contributed by atoms with Crippen LogP contribution < -0.4 is 0 Å². The molecule has 0 aliphatic heterocycles. The summed E-state index contributed by atoms with van der Waals surface area (Å²) < 4.78 is 4.10. The Bertz CT molecular complexity index is 863. The molecule has 0 amide bonds. The van der Waals surface area contributed by atoms with E-state index in [1.165, 1.54) is 11.8 Å². The Labute approximate surface area is 139 Å². The minimum atomic E-state index is 0.127. The van der Waals surface area contributed by atoms with Gasteiger partial charge in [-0.2, -0.15) is 0 Å². The molecule has 0 aliphatic rings. The third-order valence-corrected chi connectivity index (χ3v) is 4.86. The Hall–Kier alpha value is -2.08. The number of aromatic nitrogens is 4. The maximum atomic E-state index is 12.6. The van der Waals surface area contributed by atoms with Crippen LogP contribution in [0.4, 0.5) is 0 Å². The lowest BCUT2D eigenvalue weighted by Gasteiger charge is -2.13. The van der Waals surface area contributed by atoms with Gasteiger partial charge in [-0.15, -0.1) is 10.2 Å². The Morgan fingerprint density at radius 2 is 2.04 bits per heavy atom. The highest BCUT2D eigenvalue weighted by Gasteiger charge is 2.18. The van der Waals surface area contributed by atoms with E-state index in [1.54, 1.807) is 0 Å². The van der Waals surface area contributed by atoms with Crippen LogP contribution in [0.15, 0.2) is 35.6 Å². The van der Waals surface area contributed by atoms with Gasteiger partial charge in [0, 0.05) is 29.2 Å². The summed E-state index contributed by atoms with van der Waals surface area (Å²) in [5.41, 5.74) is 3.76. The van der Waals surface area contributed by atoms with E-state index in [4.69, 9.17) is 0 Å². The van der Waals surface area contributed by atoms with Crippen molar-refractivity contribution in [3.63, 3.8) is 0 Å². The molecule has 0 saturated carbocycles. The van der Waals surface area contributed by atoms with Crippen molar-refractivity contribution in [2.75, 3.05) is 5.75 Å². The van der Waals surface area contributed by atoms with Crippen LogP contribution in [0.3, 0.4) is 0 Å². The lowest BCUT2D eigenvalue weighted by atomic mass is 10.2. The predicted octanol–water partition coefficient (Wildman–Crippen LogP) is 3.70. The number of pyridine rings is 1. The average Bonchev–Trinajstić information content (AvgIpc) is 3.05. The first-order valence-electron chi connectivity index (χ1n) is 7.63. The Morgan fingerprint density at radius 3 is 2.74 bits per heavy atom. The molecular formula is C17H20N4OS. The van der Waals surface area contributed by atoms with Gasteiger partial charge in [0.1, 0.15) is 0 Å². The van der Waals surface area contributed by atoms with Gasteiger partial charge in [0.05, 0.1) is 5.75 Å². The van der Waals surface area contributed by atoms with Crippen LogP contribution in [-0.4, -0.2) is 30.7 Å². The molecule has 0 radical (unpaired) electrons. The van der Waals surface area contributed by atoms with Crippen molar-refractivity contribution in [3.8, 4) is 0 Å². The van der Waals surface area contributed by atoms with Gasteiger partial charge in [-0.25, -0.2) is 0 Å². The summed E-state index contributed by atoms with van der Waals surface area (Å²) in [6.45, 7) is 8.32. The molecule has 0 aliphatic carbocycles. The topological polar surface area (TPSA) is 52.2 Å². The zero-order valence-corrected chi connectivity index (χ0v) is 14.6. The minimum Gasteiger partial charge on any atom is -0.346 e. The number of carbonyl (C=O) groups is 1. The van der Waals surface area contributed by atoms with E-state index in [-0.39, 0.29) is 5.78 Å². The summed E-state index contributed by atoms with van der Waals surface area (Å²) in [6, 6.07) is 8.09. The van der Waals surface area contributed by atoms with Gasteiger partial charge in [0.25, 0.3) is 0 Å². The fraction of sp³-hybridized carbons (Fsp3) is 0.353. The van der Waals surface area contributed by atoms with Gasteiger partial charge in [0.15, 0.2) is 16.6 Å². The van der Waals surface area contributed by atoms with Gasteiger partial charge in [-0.3, -0.25) is 9.20 Å². The fourth-order valence-electron chi connectivity index (χ4n) is 2.98. The average molecular weight is 328 g/mol. The number of thioether (sulfide) groups is 1. The van der Waals surface area contributed by atoms with Crippen LogP contribution in [-0.2, 0) is 0 Å². The second-order valence-electron chi connectivity index (χ2n) is 5.87. The first-order valence-corrected chi connectivity index (χ1v) is 8.61. The fourth-order valence-corrected chi connectivity index (χ4v) is 3.79. The Morgan fingerprint density at radius 1 is 1.26 bits per heavy atom. The third kappa shape index (κ3) is 2.91. The highest BCUT2D eigenvalue weighted by molar-refractivity contribution is 7.99. The molecule has 0 N–H and O–H groups in total. The molecule has 3 aromatic rings. The van der Waals surface area contributed by atoms with Crippen LogP contribution in [0.2, 0.25) is 0 Å². The van der Waals surface area contributed by atoms with Crippen LogP contribution in [0, 0.1) is 13.8 Å². The highest BCUT2D eigenvalue weighted by Crippen LogP contribution is 2.23. The zero-order chi connectivity index (χ0) is 16.6. The number of hydrogen-bond donors (Lipinski definition) is 0. The molecule has 0 spiro atoms. The molecule has 3 aromatic heterocycles. The zero-order valence-electron chi connectivity index (χ0n) is 13.8. The lowest BCUT2D eigenvalue weighted by molar-refractivity contribution is 0.102. The summed E-state index contributed by atoms with van der Waals surface area (Å²) in [5, 5.41) is 9.00. The molecule has 120 valence electrons. The van der Waals surface area contributed by atoms with Crippen LogP contribution in [0.1, 0.15) is 41.6 Å². The number of nitrogens with zero attached hydrogens (tertiary/aromatic N) is 4. The van der Waals surface area contributed by atoms with Crippen molar-refractivity contribution < 1.29 is 4.79 Å². The highest BCUT2D eigenvalue weighted by atomic mass is 32.2. The van der Waals surface area contributed by atoms with Crippen molar-refractivity contribution in [2.24, 2.45) is 0 Å². The van der Waals surface area contributed by atoms with E-state index in [2.05, 4.69) is 28.6 Å². The molecule has 0 fully saturated rings. The summed E-state index contributed by atoms with van der Waals surface area (Å²) in [5.74, 6) is 0.487. The van der Waals surface area contributed by atoms with E-state index in [0.717, 1.165) is 27.8 Å². The Balaban J connectivity index is 1.79. The van der Waals surface area contributed by atoms with Crippen LogP contribution in [0.5, 0.6) is 0 Å². The SMILES string of the molecule is Cc1cc(C(=O)CSc2nnc3ccccn23)c(C)n1C(C)C. The molecule has 23 heavy (non-hydrogen) atoms. The molecule has 0 saturated heterocycles. The number of ketones is 1. The second kappa shape index (κ2) is 6.20. The maximum absolute atomic E-state index is 12.6. The quantitative estimate of drug-likeness (QED) is 0.529. The van der Waals surface area contributed by atoms with Gasteiger partial charge < -0.3 is 4.57 Å². The molecule has 3 rings (SSSR count). The van der Waals surface area contributed by atoms with Crippen molar-refractivity contribution in [1.82, 2.24) is 19.2 Å². The van der Waals surface area contributed by atoms with Gasteiger partial charge in [0.2, 0.25) is 0 Å². The molecule has 6 heteroatoms. The van der Waals surface area contributed by atoms with E-state index in [0.29, 0.717) is 11.8 Å². The van der Waals surface area contributed by atoms with Gasteiger partial charge in [-0.05, 0) is 45.9 Å². The molecule has 5 nitrogen and oxygen atoms in total. The Kier molecular flexibility index (Phi) is 4.26. The van der Waals surface area contributed by atoms with Crippen LogP contribution >= 0.6 is 11.8 Å². The van der Waals surface area contributed by atoms with Crippen molar-refractivity contribution in [2.45, 2.75) is 38.9 Å². The number of aryl methyl sites for hydroxylation is 1. The lowest BCUT2D eigenvalue weighted by Crippen LogP contribution is -2.08. The molecular weight excluding hydrogens is 308 g/mol. The van der Waals surface area contributed by atoms with Crippen molar-refractivity contribution in [3.05, 3.63) is 47.4 Å². The van der Waals surface area contributed by atoms with E-state index in [1.807, 2.05) is 48.7 Å².